The maximum Gasteiger partial charge on any atom is 0.335 e. The van der Waals surface area contributed by atoms with Crippen molar-refractivity contribution in [2.24, 2.45) is 0 Å². The first kappa shape index (κ1) is 19.0. The number of hydrogen-bond acceptors (Lipinski definition) is 7. The van der Waals surface area contributed by atoms with Crippen LogP contribution in [0, 0.1) is 0 Å². The lowest BCUT2D eigenvalue weighted by atomic mass is 10.1. The largest absolute Gasteiger partial charge is 0.454 e. The number of carbonyl (C=O) groups is 3. The van der Waals surface area contributed by atoms with Crippen molar-refractivity contribution in [1.29, 1.82) is 0 Å². The Morgan fingerprint density at radius 3 is 2.58 bits per heavy atom. The summed E-state index contributed by atoms with van der Waals surface area (Å²) in [6.07, 6.45) is 1.32. The van der Waals surface area contributed by atoms with E-state index in [1.165, 1.54) is 23.9 Å². The van der Waals surface area contributed by atoms with E-state index in [4.69, 9.17) is 13.9 Å². The number of furan rings is 1. The Balaban J connectivity index is 1.42. The fourth-order valence-electron chi connectivity index (χ4n) is 3.13. The molecule has 1 fully saturated rings. The highest BCUT2D eigenvalue weighted by atomic mass is 32.2. The Kier molecular flexibility index (Phi) is 4.72. The first-order valence-corrected chi connectivity index (χ1v) is 10.0. The highest BCUT2D eigenvalue weighted by Crippen LogP contribution is 2.36. The summed E-state index contributed by atoms with van der Waals surface area (Å²) in [4.78, 5) is 39.6. The molecular weight excluding hydrogens is 420 g/mol. The fourth-order valence-corrected chi connectivity index (χ4v) is 3.93. The monoisotopic (exact) mass is 434 g/mol. The van der Waals surface area contributed by atoms with Crippen molar-refractivity contribution in [3.8, 4) is 11.5 Å². The summed E-state index contributed by atoms with van der Waals surface area (Å²) in [6, 6.07) is 16.8. The number of ether oxygens (including phenoxy) is 2. The molecule has 3 heterocycles. The lowest BCUT2D eigenvalue weighted by Crippen LogP contribution is -2.54. The van der Waals surface area contributed by atoms with Gasteiger partial charge in [-0.05, 0) is 42.5 Å². The van der Waals surface area contributed by atoms with E-state index in [-0.39, 0.29) is 18.1 Å². The van der Waals surface area contributed by atoms with Crippen molar-refractivity contribution in [3.05, 3.63) is 72.0 Å². The second-order valence-electron chi connectivity index (χ2n) is 6.57. The number of fused-ring (bicyclic) bond motifs is 1. The molecule has 0 saturated carbocycles. The molecule has 1 saturated heterocycles. The summed E-state index contributed by atoms with van der Waals surface area (Å²) in [6.45, 7) is 0.0599. The number of urea groups is 1. The molecule has 1 N–H and O–H groups in total. The van der Waals surface area contributed by atoms with Crippen LogP contribution in [0.5, 0.6) is 11.5 Å². The highest BCUT2D eigenvalue weighted by Gasteiger charge is 2.37. The number of imide groups is 2. The van der Waals surface area contributed by atoms with Gasteiger partial charge >= 0.3 is 6.03 Å². The second kappa shape index (κ2) is 7.69. The lowest BCUT2D eigenvalue weighted by molar-refractivity contribution is -0.122. The number of hydrogen-bond donors (Lipinski definition) is 1. The first-order valence-electron chi connectivity index (χ1n) is 9.22. The van der Waals surface area contributed by atoms with Crippen LogP contribution in [0.25, 0.3) is 6.08 Å². The second-order valence-corrected chi connectivity index (χ2v) is 7.65. The molecule has 5 rings (SSSR count). The molecule has 31 heavy (non-hydrogen) atoms. The summed E-state index contributed by atoms with van der Waals surface area (Å²) >= 11 is 1.41. The van der Waals surface area contributed by atoms with Gasteiger partial charge in [-0.2, -0.15) is 0 Å². The van der Waals surface area contributed by atoms with Crippen molar-refractivity contribution in [2.45, 2.75) is 9.99 Å². The third-order valence-electron chi connectivity index (χ3n) is 4.57. The minimum Gasteiger partial charge on any atom is -0.454 e. The molecule has 8 nitrogen and oxygen atoms in total. The van der Waals surface area contributed by atoms with Gasteiger partial charge in [0.25, 0.3) is 11.8 Å². The maximum atomic E-state index is 13.0. The van der Waals surface area contributed by atoms with Crippen LogP contribution in [0.2, 0.25) is 0 Å². The number of rotatable bonds is 4. The average molecular weight is 434 g/mol. The van der Waals surface area contributed by atoms with Gasteiger partial charge in [0.05, 0.1) is 5.69 Å². The van der Waals surface area contributed by atoms with Gasteiger partial charge in [0.1, 0.15) is 11.3 Å². The molecule has 2 aliphatic rings. The number of anilines is 1. The van der Waals surface area contributed by atoms with E-state index in [1.54, 1.807) is 24.3 Å². The number of barbiturate groups is 1. The van der Waals surface area contributed by atoms with Crippen LogP contribution in [0.1, 0.15) is 5.76 Å². The Bertz CT molecular complexity index is 1230. The third kappa shape index (κ3) is 3.66. The Morgan fingerprint density at radius 2 is 1.74 bits per heavy atom. The lowest BCUT2D eigenvalue weighted by Gasteiger charge is -2.26. The molecule has 0 radical (unpaired) electrons. The minimum absolute atomic E-state index is 0.0599. The number of nitrogens with one attached hydrogen (secondary N) is 1. The number of amides is 4. The SMILES string of the molecule is O=C1NC(=O)N(c2ccc3c(c2)OCO3)C(=O)C1=Cc1ccc(Sc2ccccc2)o1. The van der Waals surface area contributed by atoms with Gasteiger partial charge in [0, 0.05) is 11.0 Å². The molecule has 1 aromatic heterocycles. The molecule has 0 atom stereocenters. The van der Waals surface area contributed by atoms with Crippen molar-refractivity contribution in [1.82, 2.24) is 5.32 Å². The van der Waals surface area contributed by atoms with Crippen LogP contribution >= 0.6 is 11.8 Å². The molecule has 0 aliphatic carbocycles. The van der Waals surface area contributed by atoms with Crippen LogP contribution in [0.15, 0.2) is 80.6 Å². The van der Waals surface area contributed by atoms with Gasteiger partial charge in [-0.15, -0.1) is 0 Å². The highest BCUT2D eigenvalue weighted by molar-refractivity contribution is 7.99. The van der Waals surface area contributed by atoms with E-state index in [0.29, 0.717) is 22.4 Å². The molecular formula is C22H14N2O6S. The quantitative estimate of drug-likeness (QED) is 0.492. The molecule has 0 unspecified atom stereocenters. The zero-order chi connectivity index (χ0) is 21.4. The van der Waals surface area contributed by atoms with Crippen LogP contribution in [-0.2, 0) is 9.59 Å². The molecule has 3 aromatic rings. The standard InChI is InChI=1S/C22H14N2O6S/c25-20-16(11-14-7-9-19(30-14)31-15-4-2-1-3-5-15)21(26)24(22(27)23-20)13-6-8-17-18(10-13)29-12-28-17/h1-11H,12H2,(H,23,25,27). The Hall–Kier alpha value is -3.98. The van der Waals surface area contributed by atoms with E-state index in [1.807, 2.05) is 30.3 Å². The molecule has 4 amide bonds. The van der Waals surface area contributed by atoms with Crippen LogP contribution in [-0.4, -0.2) is 24.6 Å². The third-order valence-corrected chi connectivity index (χ3v) is 5.49. The molecule has 0 bridgehead atoms. The summed E-state index contributed by atoms with van der Waals surface area (Å²) in [5, 5.41) is 2.79. The molecule has 2 aliphatic heterocycles. The van der Waals surface area contributed by atoms with E-state index < -0.39 is 17.8 Å². The normalized spacial score (nSPS) is 16.7. The Morgan fingerprint density at radius 1 is 0.935 bits per heavy atom. The van der Waals surface area contributed by atoms with E-state index in [9.17, 15) is 14.4 Å². The summed E-state index contributed by atoms with van der Waals surface area (Å²) in [5.41, 5.74) is 0.0350. The topological polar surface area (TPSA) is 98.1 Å². The van der Waals surface area contributed by atoms with Crippen LogP contribution in [0.3, 0.4) is 0 Å². The predicted octanol–water partition coefficient (Wildman–Crippen LogP) is 3.83. The summed E-state index contributed by atoms with van der Waals surface area (Å²) in [7, 11) is 0. The van der Waals surface area contributed by atoms with Gasteiger partial charge in [0.2, 0.25) is 6.79 Å². The van der Waals surface area contributed by atoms with Gasteiger partial charge in [-0.3, -0.25) is 14.9 Å². The fraction of sp³-hybridized carbons (Fsp3) is 0.0455. The van der Waals surface area contributed by atoms with Gasteiger partial charge in [0.15, 0.2) is 16.6 Å². The van der Waals surface area contributed by atoms with Gasteiger partial charge in [-0.25, -0.2) is 9.69 Å². The summed E-state index contributed by atoms with van der Waals surface area (Å²) in [5.74, 6) is -0.313. The molecule has 9 heteroatoms. The van der Waals surface area contributed by atoms with E-state index >= 15 is 0 Å². The van der Waals surface area contributed by atoms with Crippen LogP contribution in [0.4, 0.5) is 10.5 Å². The van der Waals surface area contributed by atoms with E-state index in [0.717, 1.165) is 9.80 Å². The number of benzene rings is 2. The Labute approximate surface area is 180 Å². The average Bonchev–Trinajstić information content (AvgIpc) is 3.40. The van der Waals surface area contributed by atoms with Crippen molar-refractivity contribution < 1.29 is 28.3 Å². The number of carbonyl (C=O) groups excluding carboxylic acids is 3. The molecule has 2 aromatic carbocycles. The summed E-state index contributed by atoms with van der Waals surface area (Å²) < 4.78 is 16.3. The molecule has 154 valence electrons. The minimum atomic E-state index is -0.842. The smallest absolute Gasteiger partial charge is 0.335 e. The van der Waals surface area contributed by atoms with Gasteiger partial charge < -0.3 is 13.9 Å². The van der Waals surface area contributed by atoms with Crippen molar-refractivity contribution >= 4 is 41.4 Å². The van der Waals surface area contributed by atoms with E-state index in [2.05, 4.69) is 5.32 Å². The van der Waals surface area contributed by atoms with Crippen molar-refractivity contribution in [3.63, 3.8) is 0 Å². The molecule has 0 spiro atoms. The maximum absolute atomic E-state index is 13.0. The van der Waals surface area contributed by atoms with Crippen molar-refractivity contribution in [2.75, 3.05) is 11.7 Å². The predicted molar refractivity (Wildman–Crippen MR) is 111 cm³/mol. The van der Waals surface area contributed by atoms with Gasteiger partial charge in [-0.1, -0.05) is 30.0 Å². The zero-order valence-corrected chi connectivity index (χ0v) is 16.7. The first-order chi connectivity index (χ1) is 15.1. The van der Waals surface area contributed by atoms with Crippen LogP contribution < -0.4 is 19.7 Å². The number of nitrogens with zero attached hydrogens (tertiary/aromatic N) is 1. The zero-order valence-electron chi connectivity index (χ0n) is 15.9.